The molecule has 8 heteroatoms. The van der Waals surface area contributed by atoms with Gasteiger partial charge in [0.25, 0.3) is 0 Å². The molecular formula is C23H28BrNO5S. The first-order valence-electron chi connectivity index (χ1n) is 10.2. The lowest BCUT2D eigenvalue weighted by Gasteiger charge is -2.11. The van der Waals surface area contributed by atoms with Gasteiger partial charge in [-0.3, -0.25) is 9.59 Å². The van der Waals surface area contributed by atoms with Crippen LogP contribution in [-0.4, -0.2) is 30.9 Å². The van der Waals surface area contributed by atoms with Crippen molar-refractivity contribution in [1.29, 1.82) is 0 Å². The number of hydrogen-bond acceptors (Lipinski definition) is 6. The number of amides is 1. The van der Waals surface area contributed by atoms with Crippen LogP contribution in [0.2, 0.25) is 0 Å². The second kappa shape index (κ2) is 11.4. The van der Waals surface area contributed by atoms with E-state index in [0.29, 0.717) is 34.4 Å². The Hall–Kier alpha value is -2.19. The Morgan fingerprint density at radius 3 is 2.52 bits per heavy atom. The van der Waals surface area contributed by atoms with Crippen LogP contribution in [0, 0.1) is 6.92 Å². The Labute approximate surface area is 195 Å². The van der Waals surface area contributed by atoms with Crippen LogP contribution >= 0.6 is 27.3 Å². The van der Waals surface area contributed by atoms with E-state index < -0.39 is 5.97 Å². The lowest BCUT2D eigenvalue weighted by Crippen LogP contribution is -2.15. The summed E-state index contributed by atoms with van der Waals surface area (Å²) in [6.07, 6.45) is 0.721. The summed E-state index contributed by atoms with van der Waals surface area (Å²) in [5.74, 6) is 0.208. The molecule has 0 saturated heterocycles. The van der Waals surface area contributed by atoms with E-state index in [0.717, 1.165) is 21.6 Å². The van der Waals surface area contributed by atoms with Crippen molar-refractivity contribution >= 4 is 49.9 Å². The van der Waals surface area contributed by atoms with Crippen molar-refractivity contribution in [3.63, 3.8) is 0 Å². The average Bonchev–Trinajstić information content (AvgIpc) is 3.02. The molecule has 1 N–H and O–H groups in total. The fourth-order valence-corrected chi connectivity index (χ4v) is 4.60. The highest BCUT2D eigenvalue weighted by Gasteiger charge is 2.25. The van der Waals surface area contributed by atoms with Crippen molar-refractivity contribution in [3.8, 4) is 5.75 Å². The Bertz CT molecular complexity index is 967. The van der Waals surface area contributed by atoms with Gasteiger partial charge in [0, 0.05) is 6.42 Å². The zero-order valence-electron chi connectivity index (χ0n) is 18.5. The van der Waals surface area contributed by atoms with Gasteiger partial charge < -0.3 is 14.8 Å². The van der Waals surface area contributed by atoms with E-state index in [1.807, 2.05) is 18.2 Å². The Morgan fingerprint density at radius 2 is 1.94 bits per heavy atom. The molecule has 2 rings (SSSR count). The number of esters is 1. The topological polar surface area (TPSA) is 81.7 Å². The zero-order chi connectivity index (χ0) is 23.1. The van der Waals surface area contributed by atoms with Crippen molar-refractivity contribution < 1.29 is 23.9 Å². The monoisotopic (exact) mass is 509 g/mol. The van der Waals surface area contributed by atoms with Crippen molar-refractivity contribution in [2.24, 2.45) is 0 Å². The summed E-state index contributed by atoms with van der Waals surface area (Å²) < 4.78 is 11.7. The van der Waals surface area contributed by atoms with Crippen LogP contribution in [0.5, 0.6) is 5.75 Å². The minimum Gasteiger partial charge on any atom is -0.492 e. The van der Waals surface area contributed by atoms with Gasteiger partial charge in [-0.25, -0.2) is 4.79 Å². The minimum absolute atomic E-state index is 0.156. The molecule has 2 aromatic rings. The standard InChI is InChI=1S/C23H28BrNO5S/c1-6-29-23(28)20-14(4)21(15(5)26)31-22(20)25-19(27)8-7-11-30-18-10-9-16(13(2)3)12-17(18)24/h9-10,12-13H,6-8,11H2,1-5H3,(H,25,27). The maximum Gasteiger partial charge on any atom is 0.341 e. The highest BCUT2D eigenvalue weighted by Crippen LogP contribution is 2.34. The van der Waals surface area contributed by atoms with E-state index in [9.17, 15) is 14.4 Å². The highest BCUT2D eigenvalue weighted by atomic mass is 79.9. The second-order valence-corrected chi connectivity index (χ2v) is 9.26. The van der Waals surface area contributed by atoms with Crippen LogP contribution in [-0.2, 0) is 9.53 Å². The van der Waals surface area contributed by atoms with Crippen molar-refractivity contribution in [2.45, 2.75) is 53.4 Å². The van der Waals surface area contributed by atoms with E-state index >= 15 is 0 Å². The van der Waals surface area contributed by atoms with E-state index in [4.69, 9.17) is 9.47 Å². The second-order valence-electron chi connectivity index (χ2n) is 7.38. The molecule has 0 spiro atoms. The molecule has 0 aliphatic carbocycles. The first kappa shape index (κ1) is 25.1. The number of anilines is 1. The Morgan fingerprint density at radius 1 is 1.23 bits per heavy atom. The van der Waals surface area contributed by atoms with Gasteiger partial charge in [-0.1, -0.05) is 19.9 Å². The zero-order valence-corrected chi connectivity index (χ0v) is 20.9. The first-order valence-corrected chi connectivity index (χ1v) is 11.8. The summed E-state index contributed by atoms with van der Waals surface area (Å²) in [6, 6.07) is 5.98. The number of carbonyl (C=O) groups excluding carboxylic acids is 3. The SMILES string of the molecule is CCOC(=O)c1c(NC(=O)CCCOc2ccc(C(C)C)cc2Br)sc(C(C)=O)c1C. The van der Waals surface area contributed by atoms with Gasteiger partial charge >= 0.3 is 5.97 Å². The van der Waals surface area contributed by atoms with E-state index in [-0.39, 0.29) is 30.3 Å². The van der Waals surface area contributed by atoms with Crippen LogP contribution in [0.4, 0.5) is 5.00 Å². The number of ketones is 1. The summed E-state index contributed by atoms with van der Waals surface area (Å²) in [7, 11) is 0. The number of hydrogen-bond donors (Lipinski definition) is 1. The number of rotatable bonds is 10. The fourth-order valence-electron chi connectivity index (χ4n) is 2.98. The Balaban J connectivity index is 1.96. The molecule has 0 atom stereocenters. The quantitative estimate of drug-likeness (QED) is 0.237. The summed E-state index contributed by atoms with van der Waals surface area (Å²) in [5.41, 5.74) is 1.99. The van der Waals surface area contributed by atoms with Gasteiger partial charge in [-0.2, -0.15) is 0 Å². The number of nitrogens with one attached hydrogen (secondary N) is 1. The van der Waals surface area contributed by atoms with Gasteiger partial charge in [0.1, 0.15) is 10.8 Å². The summed E-state index contributed by atoms with van der Waals surface area (Å²) in [4.78, 5) is 37.0. The number of thiophene rings is 1. The van der Waals surface area contributed by atoms with E-state index in [2.05, 4.69) is 35.1 Å². The van der Waals surface area contributed by atoms with E-state index in [1.165, 1.54) is 12.5 Å². The third-order valence-corrected chi connectivity index (χ3v) is 6.56. The van der Waals surface area contributed by atoms with E-state index in [1.54, 1.807) is 13.8 Å². The average molecular weight is 510 g/mol. The third-order valence-electron chi connectivity index (χ3n) is 4.63. The van der Waals surface area contributed by atoms with Gasteiger partial charge in [-0.05, 0) is 72.3 Å². The molecule has 1 aromatic heterocycles. The molecule has 0 saturated carbocycles. The lowest BCUT2D eigenvalue weighted by atomic mass is 10.0. The molecule has 0 aliphatic rings. The maximum absolute atomic E-state index is 12.4. The first-order chi connectivity index (χ1) is 14.6. The smallest absolute Gasteiger partial charge is 0.341 e. The third kappa shape index (κ3) is 6.64. The number of halogens is 1. The van der Waals surface area contributed by atoms with Gasteiger partial charge in [-0.15, -0.1) is 11.3 Å². The largest absolute Gasteiger partial charge is 0.492 e. The highest BCUT2D eigenvalue weighted by molar-refractivity contribution is 9.10. The molecule has 0 unspecified atom stereocenters. The lowest BCUT2D eigenvalue weighted by molar-refractivity contribution is -0.116. The number of Topliss-reactive ketones (excluding diaryl/α,β-unsaturated/α-hetero) is 1. The van der Waals surface area contributed by atoms with Crippen molar-refractivity contribution in [1.82, 2.24) is 0 Å². The van der Waals surface area contributed by atoms with Crippen LogP contribution < -0.4 is 10.1 Å². The predicted molar refractivity (Wildman–Crippen MR) is 127 cm³/mol. The molecule has 1 heterocycles. The van der Waals surface area contributed by atoms with Gasteiger partial charge in [0.15, 0.2) is 5.78 Å². The van der Waals surface area contributed by atoms with Crippen LogP contribution in [0.3, 0.4) is 0 Å². The van der Waals surface area contributed by atoms with Crippen molar-refractivity contribution in [2.75, 3.05) is 18.5 Å². The van der Waals surface area contributed by atoms with Crippen molar-refractivity contribution in [3.05, 3.63) is 44.2 Å². The molecule has 168 valence electrons. The molecule has 6 nitrogen and oxygen atoms in total. The molecular weight excluding hydrogens is 482 g/mol. The van der Waals surface area contributed by atoms with Crippen LogP contribution in [0.15, 0.2) is 22.7 Å². The maximum atomic E-state index is 12.4. The fraction of sp³-hybridized carbons (Fsp3) is 0.435. The molecule has 0 aliphatic heterocycles. The summed E-state index contributed by atoms with van der Waals surface area (Å²) in [6.45, 7) is 9.67. The number of ether oxygens (including phenoxy) is 2. The minimum atomic E-state index is -0.544. The summed E-state index contributed by atoms with van der Waals surface area (Å²) in [5, 5.41) is 3.10. The predicted octanol–water partition coefficient (Wildman–Crippen LogP) is 6.12. The molecule has 1 amide bonds. The molecule has 0 fully saturated rings. The molecule has 0 bridgehead atoms. The van der Waals surface area contributed by atoms with Crippen LogP contribution in [0.25, 0.3) is 0 Å². The van der Waals surface area contributed by atoms with Gasteiger partial charge in [0.05, 0.1) is 28.1 Å². The number of carbonyl (C=O) groups is 3. The summed E-state index contributed by atoms with van der Waals surface area (Å²) >= 11 is 4.62. The number of benzene rings is 1. The van der Waals surface area contributed by atoms with Gasteiger partial charge in [0.2, 0.25) is 5.91 Å². The Kier molecular flexibility index (Phi) is 9.25. The molecule has 0 radical (unpaired) electrons. The normalized spacial score (nSPS) is 10.8. The molecule has 31 heavy (non-hydrogen) atoms. The van der Waals surface area contributed by atoms with Crippen LogP contribution in [0.1, 0.15) is 77.6 Å². The molecule has 1 aromatic carbocycles.